The zero-order valence-electron chi connectivity index (χ0n) is 14.3. The number of anilines is 1. The molecule has 1 aromatic rings. The fraction of sp³-hybridized carbons (Fsp3) is 0.312. The predicted molar refractivity (Wildman–Crippen MR) is 90.2 cm³/mol. The smallest absolute Gasteiger partial charge is 0.596 e. The molecule has 0 saturated carbocycles. The number of quaternary nitrogens is 1. The van der Waals surface area contributed by atoms with Crippen molar-refractivity contribution in [2.24, 2.45) is 0 Å². The molecule has 0 bridgehead atoms. The number of rotatable bonds is 4. The van der Waals surface area contributed by atoms with Crippen LogP contribution in [-0.2, 0) is 23.7 Å². The first-order valence-electron chi connectivity index (χ1n) is 7.85. The number of nitrogens with zero attached hydrogens (tertiary/aromatic N) is 1. The van der Waals surface area contributed by atoms with E-state index in [4.69, 9.17) is 14.0 Å². The van der Waals surface area contributed by atoms with E-state index in [-0.39, 0.29) is 23.4 Å². The number of methoxy groups -OCH3 is 1. The van der Waals surface area contributed by atoms with Gasteiger partial charge in [-0.05, 0) is 11.6 Å². The lowest BCUT2D eigenvalue weighted by molar-refractivity contribution is -0.791. The quantitative estimate of drug-likeness (QED) is 0.808. The van der Waals surface area contributed by atoms with E-state index in [1.807, 2.05) is 0 Å². The lowest BCUT2D eigenvalue weighted by Gasteiger charge is -2.37. The van der Waals surface area contributed by atoms with Crippen LogP contribution in [0.4, 0.5) is 5.69 Å². The van der Waals surface area contributed by atoms with E-state index in [0.717, 1.165) is 0 Å². The molecular weight excluding hydrogens is 327 g/mol. The summed E-state index contributed by atoms with van der Waals surface area (Å²) < 4.78 is 16.1. The second kappa shape index (κ2) is 5.93. The molecule has 0 unspecified atom stereocenters. The number of carbonyl (C=O) groups is 3. The number of hydrogen-bond acceptors (Lipinski definition) is 6. The fourth-order valence-electron chi connectivity index (χ4n) is 3.31. The van der Waals surface area contributed by atoms with E-state index in [2.05, 4.69) is 5.32 Å². The van der Waals surface area contributed by atoms with E-state index in [0.29, 0.717) is 17.0 Å². The van der Waals surface area contributed by atoms with Gasteiger partial charge in [-0.2, -0.15) is 0 Å². The Balaban J connectivity index is 2.00. The van der Waals surface area contributed by atoms with Crippen LogP contribution >= 0.6 is 0 Å². The summed E-state index contributed by atoms with van der Waals surface area (Å²) in [6, 6.07) is 5.26. The van der Waals surface area contributed by atoms with Crippen LogP contribution in [0.15, 0.2) is 24.2 Å². The van der Waals surface area contributed by atoms with Gasteiger partial charge in [0.05, 0.1) is 12.8 Å². The molecule has 1 N–H and O–H groups in total. The van der Waals surface area contributed by atoms with Gasteiger partial charge >= 0.3 is 18.6 Å². The molecule has 2 saturated heterocycles. The molecule has 0 aliphatic carbocycles. The average Bonchev–Trinajstić information content (AvgIpc) is 2.88. The van der Waals surface area contributed by atoms with Gasteiger partial charge in [0.15, 0.2) is 0 Å². The van der Waals surface area contributed by atoms with E-state index < -0.39 is 18.6 Å². The van der Waals surface area contributed by atoms with Gasteiger partial charge in [0, 0.05) is 14.0 Å². The van der Waals surface area contributed by atoms with Crippen molar-refractivity contribution in [1.29, 1.82) is 0 Å². The van der Waals surface area contributed by atoms with Gasteiger partial charge in [0.25, 0.3) is 0 Å². The largest absolute Gasteiger partial charge is 0.607 e. The van der Waals surface area contributed by atoms with Crippen LogP contribution in [0, 0.1) is 0 Å². The van der Waals surface area contributed by atoms with Crippen LogP contribution < -0.4 is 10.1 Å². The van der Waals surface area contributed by atoms with Gasteiger partial charge in [-0.1, -0.05) is 24.2 Å². The summed E-state index contributed by atoms with van der Waals surface area (Å²) in [5, 5.41) is 2.72. The highest BCUT2D eigenvalue weighted by Crippen LogP contribution is 2.36. The number of fused-ring (bicyclic) bond motifs is 1. The first kappa shape index (κ1) is 17.0. The third-order valence-electron chi connectivity index (χ3n) is 4.55. The van der Waals surface area contributed by atoms with Gasteiger partial charge in [0.1, 0.15) is 18.8 Å². The number of ether oxygens (including phenoxy) is 1. The highest BCUT2D eigenvalue weighted by molar-refractivity contribution is 6.71. The highest BCUT2D eigenvalue weighted by atomic mass is 16.7. The SMILES string of the molecule is COc1cccc(/C=C/[B-]23OC(=O)C[N+]2(C)CC(=O)O3)c1NC(C)=O. The molecule has 2 aliphatic rings. The topological polar surface area (TPSA) is 90.9 Å². The molecule has 3 rings (SSSR count). The van der Waals surface area contributed by atoms with Gasteiger partial charge in [-0.25, -0.2) is 0 Å². The van der Waals surface area contributed by atoms with Crippen molar-refractivity contribution in [2.75, 3.05) is 32.6 Å². The second-order valence-corrected chi connectivity index (χ2v) is 6.47. The zero-order chi connectivity index (χ0) is 18.2. The zero-order valence-corrected chi connectivity index (χ0v) is 14.3. The average molecular weight is 346 g/mol. The minimum absolute atomic E-state index is 0.0631. The monoisotopic (exact) mass is 346 g/mol. The van der Waals surface area contributed by atoms with E-state index in [9.17, 15) is 14.4 Å². The standard InChI is InChI=1S/C16H19BN2O6/c1-11(20)18-16-12(5-4-6-13(16)23-3)7-8-17-19(2,9-14(21)24-17)10-15(22)25-17/h4-8H,9-10H2,1-3H3,(H,18,20)/b8-7+. The summed E-state index contributed by atoms with van der Waals surface area (Å²) in [6.07, 6.45) is 1.67. The third-order valence-corrected chi connectivity index (χ3v) is 4.55. The molecule has 1 aromatic carbocycles. The van der Waals surface area contributed by atoms with Crippen LogP contribution in [0.3, 0.4) is 0 Å². The molecule has 25 heavy (non-hydrogen) atoms. The number of benzene rings is 1. The van der Waals surface area contributed by atoms with Crippen molar-refractivity contribution in [3.05, 3.63) is 29.7 Å². The van der Waals surface area contributed by atoms with Gasteiger partial charge < -0.3 is 23.8 Å². The Kier molecular flexibility index (Phi) is 4.04. The molecule has 0 radical (unpaired) electrons. The number of nitrogens with one attached hydrogen (secondary N) is 1. The Bertz CT molecular complexity index is 771. The van der Waals surface area contributed by atoms with Crippen molar-refractivity contribution in [3.8, 4) is 5.75 Å². The predicted octanol–water partition coefficient (Wildman–Crippen LogP) is 0.705. The Hall–Kier alpha value is -2.81. The molecule has 0 aromatic heterocycles. The van der Waals surface area contributed by atoms with Gasteiger partial charge in [0.2, 0.25) is 5.91 Å². The van der Waals surface area contributed by atoms with E-state index in [1.54, 1.807) is 37.3 Å². The van der Waals surface area contributed by atoms with Crippen molar-refractivity contribution in [3.63, 3.8) is 0 Å². The van der Waals surface area contributed by atoms with Crippen molar-refractivity contribution in [1.82, 2.24) is 0 Å². The van der Waals surface area contributed by atoms with Crippen LogP contribution in [0.25, 0.3) is 6.08 Å². The first-order chi connectivity index (χ1) is 11.8. The Morgan fingerprint density at radius 1 is 1.28 bits per heavy atom. The number of amides is 1. The second-order valence-electron chi connectivity index (χ2n) is 6.47. The maximum absolute atomic E-state index is 11.8. The fourth-order valence-corrected chi connectivity index (χ4v) is 3.31. The van der Waals surface area contributed by atoms with Crippen LogP contribution in [0.2, 0.25) is 0 Å². The number of carbonyl (C=O) groups excluding carboxylic acids is 3. The van der Waals surface area contributed by atoms with Crippen LogP contribution in [-0.4, -0.2) is 56.2 Å². The molecule has 1 amide bonds. The van der Waals surface area contributed by atoms with Crippen molar-refractivity contribution >= 4 is 36.3 Å². The van der Waals surface area contributed by atoms with Crippen molar-refractivity contribution in [2.45, 2.75) is 6.92 Å². The number of hydrogen-bond donors (Lipinski definition) is 1. The van der Waals surface area contributed by atoms with E-state index >= 15 is 0 Å². The molecule has 8 nitrogen and oxygen atoms in total. The number of para-hydroxylation sites is 1. The van der Waals surface area contributed by atoms with Gasteiger partial charge in [-0.15, -0.1) is 0 Å². The molecule has 0 atom stereocenters. The normalized spacial score (nSPS) is 27.8. The molecule has 132 valence electrons. The van der Waals surface area contributed by atoms with Gasteiger partial charge in [-0.3, -0.25) is 14.4 Å². The minimum Gasteiger partial charge on any atom is -0.596 e. The molecule has 2 aliphatic heterocycles. The van der Waals surface area contributed by atoms with Crippen LogP contribution in [0.5, 0.6) is 5.75 Å². The molecule has 0 spiro atoms. The summed E-state index contributed by atoms with van der Waals surface area (Å²) in [7, 11) is 3.25. The molecular formula is C16H19BN2O6. The summed E-state index contributed by atoms with van der Waals surface area (Å²) >= 11 is 0. The summed E-state index contributed by atoms with van der Waals surface area (Å²) in [4.78, 5) is 35.0. The lowest BCUT2D eigenvalue weighted by atomic mass is 9.68. The summed E-state index contributed by atoms with van der Waals surface area (Å²) in [6.45, 7) is -0.714. The number of likely N-dealkylation sites (N-methyl/N-ethyl adjacent to an activating group) is 1. The summed E-state index contributed by atoms with van der Waals surface area (Å²) in [5.74, 6) is 1.02. The molecule has 9 heteroatoms. The highest BCUT2D eigenvalue weighted by Gasteiger charge is 2.63. The first-order valence-corrected chi connectivity index (χ1v) is 7.85. The van der Waals surface area contributed by atoms with Crippen molar-refractivity contribution < 1.29 is 32.8 Å². The molecule has 2 heterocycles. The molecule has 2 fully saturated rings. The minimum atomic E-state index is -2.26. The maximum atomic E-state index is 11.8. The maximum Gasteiger partial charge on any atom is 0.607 e. The Labute approximate surface area is 144 Å². The van der Waals surface area contributed by atoms with Crippen LogP contribution in [0.1, 0.15) is 12.5 Å². The van der Waals surface area contributed by atoms with E-state index in [1.165, 1.54) is 14.0 Å². The Morgan fingerprint density at radius 3 is 2.48 bits per heavy atom. The third kappa shape index (κ3) is 2.87. The Morgan fingerprint density at radius 2 is 1.92 bits per heavy atom. The summed E-state index contributed by atoms with van der Waals surface area (Å²) in [5.41, 5.74) is 1.13. The lowest BCUT2D eigenvalue weighted by Crippen LogP contribution is -2.58.